The number of nitrogens with zero attached hydrogens (tertiary/aromatic N) is 1. The summed E-state index contributed by atoms with van der Waals surface area (Å²) >= 11 is 0. The molecule has 7 heteroatoms. The summed E-state index contributed by atoms with van der Waals surface area (Å²) in [6.07, 6.45) is 0. The van der Waals surface area contributed by atoms with Crippen molar-refractivity contribution >= 4 is 23.3 Å². The highest BCUT2D eigenvalue weighted by Crippen LogP contribution is 2.26. The van der Waals surface area contributed by atoms with Crippen LogP contribution in [0.5, 0.6) is 0 Å². The van der Waals surface area contributed by atoms with Gasteiger partial charge in [-0.15, -0.1) is 0 Å². The number of ether oxygens (including phenoxy) is 1. The molecule has 0 atom stereocenters. The van der Waals surface area contributed by atoms with Gasteiger partial charge in [-0.25, -0.2) is 4.79 Å². The smallest absolute Gasteiger partial charge is 0.339 e. The van der Waals surface area contributed by atoms with E-state index in [1.807, 2.05) is 34.6 Å². The molecule has 1 amide bonds. The molecule has 0 aliphatic carbocycles. The monoisotopic (exact) mass is 384 g/mol. The highest BCUT2D eigenvalue weighted by molar-refractivity contribution is 5.97. The summed E-state index contributed by atoms with van der Waals surface area (Å²) in [4.78, 5) is 35.0. The lowest BCUT2D eigenvalue weighted by atomic mass is 9.90. The van der Waals surface area contributed by atoms with Gasteiger partial charge in [-0.2, -0.15) is 0 Å². The number of non-ortho nitro benzene ring substituents is 1. The van der Waals surface area contributed by atoms with Gasteiger partial charge in [0.1, 0.15) is 0 Å². The van der Waals surface area contributed by atoms with E-state index in [1.54, 1.807) is 6.92 Å². The Balaban J connectivity index is 2.10. The third-order valence-corrected chi connectivity index (χ3v) is 5.23. The maximum atomic E-state index is 12.6. The lowest BCUT2D eigenvalue weighted by Gasteiger charge is -2.17. The van der Waals surface area contributed by atoms with Crippen molar-refractivity contribution in [3.05, 3.63) is 67.3 Å². The van der Waals surface area contributed by atoms with Gasteiger partial charge in [0, 0.05) is 17.8 Å². The number of benzene rings is 2. The third-order valence-electron chi connectivity index (χ3n) is 5.23. The second kappa shape index (κ2) is 8.21. The molecule has 28 heavy (non-hydrogen) atoms. The minimum atomic E-state index is -0.545. The first kappa shape index (κ1) is 21.1. The number of nitro groups is 1. The highest BCUT2D eigenvalue weighted by Gasteiger charge is 2.20. The van der Waals surface area contributed by atoms with E-state index in [-0.39, 0.29) is 5.69 Å². The molecule has 2 aromatic rings. The van der Waals surface area contributed by atoms with E-state index < -0.39 is 23.4 Å². The number of rotatable bonds is 5. The zero-order valence-corrected chi connectivity index (χ0v) is 16.9. The summed E-state index contributed by atoms with van der Waals surface area (Å²) in [6, 6.07) is 4.12. The Morgan fingerprint density at radius 3 is 2.00 bits per heavy atom. The second-order valence-electron chi connectivity index (χ2n) is 6.88. The molecule has 0 aromatic heterocycles. The number of nitro benzene ring substituents is 1. The van der Waals surface area contributed by atoms with Crippen LogP contribution < -0.4 is 5.32 Å². The van der Waals surface area contributed by atoms with E-state index in [9.17, 15) is 19.7 Å². The van der Waals surface area contributed by atoms with E-state index in [0.29, 0.717) is 16.8 Å². The number of aryl methyl sites for hydroxylation is 1. The van der Waals surface area contributed by atoms with Crippen LogP contribution >= 0.6 is 0 Å². The number of hydrogen-bond acceptors (Lipinski definition) is 5. The maximum Gasteiger partial charge on any atom is 0.339 e. The molecule has 0 radical (unpaired) electrons. The van der Waals surface area contributed by atoms with E-state index in [1.165, 1.54) is 18.2 Å². The van der Waals surface area contributed by atoms with E-state index in [0.717, 1.165) is 27.8 Å². The number of amides is 1. The van der Waals surface area contributed by atoms with Crippen molar-refractivity contribution in [1.82, 2.24) is 0 Å². The fourth-order valence-corrected chi connectivity index (χ4v) is 3.10. The van der Waals surface area contributed by atoms with Crippen LogP contribution in [0.15, 0.2) is 18.2 Å². The van der Waals surface area contributed by atoms with E-state index in [2.05, 4.69) is 5.32 Å². The molecule has 0 aliphatic rings. The zero-order valence-electron chi connectivity index (χ0n) is 16.9. The van der Waals surface area contributed by atoms with Gasteiger partial charge in [-0.1, -0.05) is 0 Å². The van der Waals surface area contributed by atoms with Crippen molar-refractivity contribution < 1.29 is 19.2 Å². The molecule has 0 spiro atoms. The fraction of sp³-hybridized carbons (Fsp3) is 0.333. The minimum Gasteiger partial charge on any atom is -0.452 e. The predicted octanol–water partition coefficient (Wildman–Crippen LogP) is 4.24. The average Bonchev–Trinajstić information content (AvgIpc) is 2.64. The lowest BCUT2D eigenvalue weighted by Crippen LogP contribution is -2.22. The summed E-state index contributed by atoms with van der Waals surface area (Å²) in [7, 11) is 0. The van der Waals surface area contributed by atoms with Gasteiger partial charge in [-0.3, -0.25) is 14.9 Å². The van der Waals surface area contributed by atoms with E-state index in [4.69, 9.17) is 4.74 Å². The molecule has 7 nitrogen and oxygen atoms in total. The van der Waals surface area contributed by atoms with Crippen LogP contribution in [0.1, 0.15) is 43.7 Å². The quantitative estimate of drug-likeness (QED) is 0.472. The Kier molecular flexibility index (Phi) is 6.18. The molecular formula is C21H24N2O5. The molecule has 0 saturated carbocycles. The van der Waals surface area contributed by atoms with Crippen LogP contribution in [0.2, 0.25) is 0 Å². The molecule has 0 bridgehead atoms. The van der Waals surface area contributed by atoms with Crippen molar-refractivity contribution in [3.8, 4) is 0 Å². The summed E-state index contributed by atoms with van der Waals surface area (Å²) in [6.45, 7) is 10.9. The Morgan fingerprint density at radius 2 is 1.50 bits per heavy atom. The molecule has 0 aliphatic heterocycles. The largest absolute Gasteiger partial charge is 0.452 e. The van der Waals surface area contributed by atoms with Gasteiger partial charge in [0.15, 0.2) is 6.61 Å². The normalized spacial score (nSPS) is 10.5. The molecule has 2 aromatic carbocycles. The molecule has 2 rings (SSSR count). The topological polar surface area (TPSA) is 98.5 Å². The van der Waals surface area contributed by atoms with Crippen molar-refractivity contribution in [2.45, 2.75) is 41.5 Å². The van der Waals surface area contributed by atoms with Crippen LogP contribution in [0.4, 0.5) is 11.4 Å². The van der Waals surface area contributed by atoms with Crippen LogP contribution in [0.25, 0.3) is 0 Å². The Labute approximate surface area is 163 Å². The van der Waals surface area contributed by atoms with Crippen molar-refractivity contribution in [1.29, 1.82) is 0 Å². The fourth-order valence-electron chi connectivity index (χ4n) is 3.10. The summed E-state index contributed by atoms with van der Waals surface area (Å²) in [5.74, 6) is -1.06. The third kappa shape index (κ3) is 4.19. The van der Waals surface area contributed by atoms with Crippen LogP contribution in [0, 0.1) is 51.7 Å². The number of carbonyl (C=O) groups excluding carboxylic acids is 2. The number of anilines is 1. The lowest BCUT2D eigenvalue weighted by molar-refractivity contribution is -0.384. The Morgan fingerprint density at radius 1 is 0.964 bits per heavy atom. The first-order chi connectivity index (χ1) is 13.0. The molecule has 148 valence electrons. The molecule has 0 heterocycles. The van der Waals surface area contributed by atoms with Gasteiger partial charge in [-0.05, 0) is 81.0 Å². The van der Waals surface area contributed by atoms with Crippen molar-refractivity contribution in [2.75, 3.05) is 11.9 Å². The summed E-state index contributed by atoms with van der Waals surface area (Å²) in [5, 5.41) is 13.4. The Bertz CT molecular complexity index is 950. The summed E-state index contributed by atoms with van der Waals surface area (Å²) in [5.41, 5.74) is 6.29. The van der Waals surface area contributed by atoms with Crippen LogP contribution in [0.3, 0.4) is 0 Å². The molecule has 1 N–H and O–H groups in total. The maximum absolute atomic E-state index is 12.6. The highest BCUT2D eigenvalue weighted by atomic mass is 16.6. The molecule has 0 fully saturated rings. The summed E-state index contributed by atoms with van der Waals surface area (Å²) < 4.78 is 5.22. The van der Waals surface area contributed by atoms with Gasteiger partial charge in [0.25, 0.3) is 11.6 Å². The van der Waals surface area contributed by atoms with Gasteiger partial charge >= 0.3 is 5.97 Å². The molecular weight excluding hydrogens is 360 g/mol. The Hall–Kier alpha value is -3.22. The standard InChI is InChI=1S/C21H24N2O5/c1-11-9-17(23(26)27)7-8-18(11)22-19(24)10-28-21(25)20-15(5)13(3)12(2)14(4)16(20)6/h7-9H,10H2,1-6H3,(H,22,24). The number of nitrogens with one attached hydrogen (secondary N) is 1. The zero-order chi connectivity index (χ0) is 21.2. The van der Waals surface area contributed by atoms with Crippen molar-refractivity contribution in [3.63, 3.8) is 0 Å². The average molecular weight is 384 g/mol. The van der Waals surface area contributed by atoms with Crippen LogP contribution in [-0.2, 0) is 9.53 Å². The van der Waals surface area contributed by atoms with Gasteiger partial charge < -0.3 is 10.1 Å². The van der Waals surface area contributed by atoms with Gasteiger partial charge in [0.05, 0.1) is 10.5 Å². The molecule has 0 saturated heterocycles. The van der Waals surface area contributed by atoms with Crippen LogP contribution in [-0.4, -0.2) is 23.4 Å². The number of esters is 1. The SMILES string of the molecule is Cc1cc([N+](=O)[O-])ccc1NC(=O)COC(=O)c1c(C)c(C)c(C)c(C)c1C. The first-order valence-electron chi connectivity index (χ1n) is 8.83. The number of hydrogen-bond donors (Lipinski definition) is 1. The predicted molar refractivity (Wildman–Crippen MR) is 107 cm³/mol. The van der Waals surface area contributed by atoms with Crippen molar-refractivity contribution in [2.24, 2.45) is 0 Å². The van der Waals surface area contributed by atoms with Gasteiger partial charge in [0.2, 0.25) is 0 Å². The molecule has 0 unspecified atom stereocenters. The first-order valence-corrected chi connectivity index (χ1v) is 8.83. The minimum absolute atomic E-state index is 0.0574. The second-order valence-corrected chi connectivity index (χ2v) is 6.88. The number of carbonyl (C=O) groups is 2. The van der Waals surface area contributed by atoms with E-state index >= 15 is 0 Å².